The van der Waals surface area contributed by atoms with Crippen molar-refractivity contribution in [3.63, 3.8) is 0 Å². The molecule has 2 atom stereocenters. The number of amides is 2. The number of nitrogens with zero attached hydrogens (tertiary/aromatic N) is 1. The number of aryl methyl sites for hydroxylation is 2. The number of carbonyl (C=O) groups is 2. The van der Waals surface area contributed by atoms with Crippen LogP contribution in [0, 0.1) is 13.8 Å². The zero-order valence-electron chi connectivity index (χ0n) is 19.0. The number of benzene rings is 2. The largest absolute Gasteiger partial charge is 0.497 e. The fraction of sp³-hybridized carbons (Fsp3) is 0.440. The van der Waals surface area contributed by atoms with Gasteiger partial charge >= 0.3 is 0 Å². The lowest BCUT2D eigenvalue weighted by atomic mass is 10.0. The molecule has 2 amide bonds. The molecule has 2 rings (SSSR count). The molecule has 5 heteroatoms. The molecule has 1 N–H and O–H groups in total. The van der Waals surface area contributed by atoms with Gasteiger partial charge in [-0.1, -0.05) is 48.4 Å². The van der Waals surface area contributed by atoms with Gasteiger partial charge in [0.05, 0.1) is 13.5 Å². The summed E-state index contributed by atoms with van der Waals surface area (Å²) in [6, 6.07) is 13.2. The average Bonchev–Trinajstić information content (AvgIpc) is 2.70. The maximum Gasteiger partial charge on any atom is 0.242 e. The van der Waals surface area contributed by atoms with E-state index in [1.165, 1.54) is 0 Å². The number of methoxy groups -OCH3 is 1. The van der Waals surface area contributed by atoms with Crippen LogP contribution in [0.25, 0.3) is 0 Å². The van der Waals surface area contributed by atoms with Crippen LogP contribution in [0.4, 0.5) is 0 Å². The van der Waals surface area contributed by atoms with Gasteiger partial charge in [-0.15, -0.1) is 0 Å². The summed E-state index contributed by atoms with van der Waals surface area (Å²) in [5, 5.41) is 3.00. The average molecular weight is 411 g/mol. The second-order valence-corrected chi connectivity index (χ2v) is 8.04. The van der Waals surface area contributed by atoms with Crippen LogP contribution < -0.4 is 10.1 Å². The van der Waals surface area contributed by atoms with Crippen molar-refractivity contribution in [1.29, 1.82) is 0 Å². The lowest BCUT2D eigenvalue weighted by Gasteiger charge is -2.30. The highest BCUT2D eigenvalue weighted by Gasteiger charge is 2.27. The molecule has 0 fully saturated rings. The van der Waals surface area contributed by atoms with Crippen LogP contribution in [0.3, 0.4) is 0 Å². The van der Waals surface area contributed by atoms with Gasteiger partial charge in [-0.05, 0) is 57.4 Å². The van der Waals surface area contributed by atoms with Gasteiger partial charge < -0.3 is 15.0 Å². The first-order valence-corrected chi connectivity index (χ1v) is 10.5. The Morgan fingerprint density at radius 1 is 1.03 bits per heavy atom. The Morgan fingerprint density at radius 2 is 1.70 bits per heavy atom. The molecule has 0 spiro atoms. The maximum atomic E-state index is 13.3. The summed E-state index contributed by atoms with van der Waals surface area (Å²) in [4.78, 5) is 27.8. The van der Waals surface area contributed by atoms with Crippen LogP contribution in [-0.2, 0) is 22.6 Å². The number of carbonyl (C=O) groups excluding carboxylic acids is 2. The fourth-order valence-electron chi connectivity index (χ4n) is 3.46. The molecule has 0 heterocycles. The van der Waals surface area contributed by atoms with Crippen molar-refractivity contribution < 1.29 is 14.3 Å². The molecule has 0 aromatic heterocycles. The molecule has 0 bridgehead atoms. The van der Waals surface area contributed by atoms with Crippen molar-refractivity contribution in [2.75, 3.05) is 7.11 Å². The Kier molecular flexibility index (Phi) is 8.46. The summed E-state index contributed by atoms with van der Waals surface area (Å²) in [7, 11) is 1.62. The molecule has 0 unspecified atom stereocenters. The maximum absolute atomic E-state index is 13.3. The van der Waals surface area contributed by atoms with Gasteiger partial charge in [0.2, 0.25) is 11.8 Å². The molecule has 30 heavy (non-hydrogen) atoms. The van der Waals surface area contributed by atoms with Crippen LogP contribution >= 0.6 is 0 Å². The summed E-state index contributed by atoms with van der Waals surface area (Å²) in [6.45, 7) is 10.2. The molecule has 162 valence electrons. The molecule has 2 aromatic carbocycles. The van der Waals surface area contributed by atoms with Crippen molar-refractivity contribution >= 4 is 11.8 Å². The Hall–Kier alpha value is -2.82. The van der Waals surface area contributed by atoms with Crippen LogP contribution in [0.5, 0.6) is 5.75 Å². The van der Waals surface area contributed by atoms with E-state index < -0.39 is 6.04 Å². The van der Waals surface area contributed by atoms with E-state index in [0.29, 0.717) is 6.54 Å². The van der Waals surface area contributed by atoms with Crippen molar-refractivity contribution in [2.45, 2.75) is 66.1 Å². The Balaban J connectivity index is 2.28. The third-order valence-corrected chi connectivity index (χ3v) is 5.29. The molecule has 0 saturated carbocycles. The Labute approximate surface area is 180 Å². The number of rotatable bonds is 9. The minimum atomic E-state index is -0.580. The van der Waals surface area contributed by atoms with Gasteiger partial charge in [0.15, 0.2) is 0 Å². The summed E-state index contributed by atoms with van der Waals surface area (Å²) in [5.41, 5.74) is 4.13. The first kappa shape index (κ1) is 23.5. The van der Waals surface area contributed by atoms with Crippen LogP contribution in [0.1, 0.15) is 49.4 Å². The Bertz CT molecular complexity index is 858. The molecular formula is C25H34N2O3. The SMILES string of the molecule is CC[C@@H](C)NC(=O)[C@@H](C)N(Cc1cccc(OC)c1)C(=O)Cc1cc(C)cc(C)c1. The van der Waals surface area contributed by atoms with E-state index in [2.05, 4.69) is 11.4 Å². The van der Waals surface area contributed by atoms with Crippen LogP contribution in [0.2, 0.25) is 0 Å². The van der Waals surface area contributed by atoms with E-state index in [1.54, 1.807) is 18.9 Å². The lowest BCUT2D eigenvalue weighted by molar-refractivity contribution is -0.140. The zero-order chi connectivity index (χ0) is 22.3. The fourth-order valence-corrected chi connectivity index (χ4v) is 3.46. The van der Waals surface area contributed by atoms with Crippen molar-refractivity contribution in [3.05, 3.63) is 64.7 Å². The van der Waals surface area contributed by atoms with Crippen molar-refractivity contribution in [3.8, 4) is 5.75 Å². The van der Waals surface area contributed by atoms with E-state index in [4.69, 9.17) is 4.74 Å². The monoisotopic (exact) mass is 410 g/mol. The first-order valence-electron chi connectivity index (χ1n) is 10.5. The third-order valence-electron chi connectivity index (χ3n) is 5.29. The minimum absolute atomic E-state index is 0.0631. The predicted octanol–water partition coefficient (Wildman–Crippen LogP) is 4.19. The van der Waals surface area contributed by atoms with E-state index in [1.807, 2.05) is 64.1 Å². The standard InChI is InChI=1S/C25H34N2O3/c1-7-19(4)26-25(29)20(5)27(16-21-9-8-10-23(14-21)30-6)24(28)15-22-12-17(2)11-18(3)13-22/h8-14,19-20H,7,15-16H2,1-6H3,(H,26,29)/t19-,20-/m1/s1. The first-order chi connectivity index (χ1) is 14.2. The topological polar surface area (TPSA) is 58.6 Å². The number of hydrogen-bond donors (Lipinski definition) is 1. The number of nitrogens with one attached hydrogen (secondary N) is 1. The van der Waals surface area contributed by atoms with Crippen molar-refractivity contribution in [2.24, 2.45) is 0 Å². The summed E-state index contributed by atoms with van der Waals surface area (Å²) in [6.07, 6.45) is 1.10. The number of ether oxygens (including phenoxy) is 1. The summed E-state index contributed by atoms with van der Waals surface area (Å²) >= 11 is 0. The molecule has 5 nitrogen and oxygen atoms in total. The number of hydrogen-bond acceptors (Lipinski definition) is 3. The van der Waals surface area contributed by atoms with E-state index in [0.717, 1.165) is 34.4 Å². The molecule has 0 saturated heterocycles. The van der Waals surface area contributed by atoms with Gasteiger partial charge in [0.25, 0.3) is 0 Å². The second kappa shape index (κ2) is 10.8. The van der Waals surface area contributed by atoms with Gasteiger partial charge in [0.1, 0.15) is 11.8 Å². The summed E-state index contributed by atoms with van der Waals surface area (Å²) in [5.74, 6) is 0.515. The van der Waals surface area contributed by atoms with Crippen LogP contribution in [0.15, 0.2) is 42.5 Å². The Morgan fingerprint density at radius 3 is 2.30 bits per heavy atom. The van der Waals surface area contributed by atoms with Gasteiger partial charge in [0, 0.05) is 12.6 Å². The van der Waals surface area contributed by atoms with Crippen molar-refractivity contribution in [1.82, 2.24) is 10.2 Å². The van der Waals surface area contributed by atoms with E-state index in [9.17, 15) is 9.59 Å². The van der Waals surface area contributed by atoms with Gasteiger partial charge in [-0.25, -0.2) is 0 Å². The zero-order valence-corrected chi connectivity index (χ0v) is 19.0. The summed E-state index contributed by atoms with van der Waals surface area (Å²) < 4.78 is 5.31. The highest BCUT2D eigenvalue weighted by atomic mass is 16.5. The highest BCUT2D eigenvalue weighted by Crippen LogP contribution is 2.18. The van der Waals surface area contributed by atoms with Crippen LogP contribution in [-0.4, -0.2) is 35.9 Å². The molecular weight excluding hydrogens is 376 g/mol. The molecule has 0 radical (unpaired) electrons. The molecule has 0 aliphatic rings. The molecule has 0 aliphatic carbocycles. The highest BCUT2D eigenvalue weighted by molar-refractivity contribution is 5.88. The van der Waals surface area contributed by atoms with E-state index in [-0.39, 0.29) is 24.3 Å². The second-order valence-electron chi connectivity index (χ2n) is 8.04. The minimum Gasteiger partial charge on any atom is -0.497 e. The van der Waals surface area contributed by atoms with E-state index >= 15 is 0 Å². The molecule has 0 aliphatic heterocycles. The quantitative estimate of drug-likeness (QED) is 0.674. The normalized spacial score (nSPS) is 12.7. The van der Waals surface area contributed by atoms with Gasteiger partial charge in [-0.3, -0.25) is 9.59 Å². The predicted molar refractivity (Wildman–Crippen MR) is 121 cm³/mol. The molecule has 2 aromatic rings. The van der Waals surface area contributed by atoms with Gasteiger partial charge in [-0.2, -0.15) is 0 Å². The third kappa shape index (κ3) is 6.61. The lowest BCUT2D eigenvalue weighted by Crippen LogP contribution is -2.49. The smallest absolute Gasteiger partial charge is 0.242 e.